The van der Waals surface area contributed by atoms with Crippen LogP contribution in [0.1, 0.15) is 25.5 Å². The van der Waals surface area contributed by atoms with Crippen molar-refractivity contribution in [2.24, 2.45) is 0 Å². The van der Waals surface area contributed by atoms with Gasteiger partial charge in [-0.25, -0.2) is 0 Å². The second-order valence-electron chi connectivity index (χ2n) is 8.32. The Bertz CT molecular complexity index is 1210. The number of hydrogen-bond acceptors (Lipinski definition) is 4. The van der Waals surface area contributed by atoms with Gasteiger partial charge in [0.2, 0.25) is 11.8 Å². The number of amides is 2. The quantitative estimate of drug-likeness (QED) is 0.375. The number of piperazine rings is 1. The minimum absolute atomic E-state index is 0.208. The molecule has 2 aromatic carbocycles. The van der Waals surface area contributed by atoms with E-state index in [1.165, 1.54) is 6.08 Å². The molecular weight excluding hydrogens is 485 g/mol. The molecule has 1 aliphatic heterocycles. The monoisotopic (exact) mass is 511 g/mol. The number of hydrogen-bond donors (Lipinski definition) is 1. The highest BCUT2D eigenvalue weighted by Gasteiger charge is 2.22. The van der Waals surface area contributed by atoms with Crippen LogP contribution in [0.5, 0.6) is 0 Å². The first-order valence-electron chi connectivity index (χ1n) is 11.6. The first-order chi connectivity index (χ1) is 16.9. The molecule has 0 radical (unpaired) electrons. The fourth-order valence-electron chi connectivity index (χ4n) is 3.96. The molecule has 0 saturated carbocycles. The zero-order valence-electron chi connectivity index (χ0n) is 19.5. The molecule has 4 rings (SSSR count). The van der Waals surface area contributed by atoms with Gasteiger partial charge in [-0.05, 0) is 67.1 Å². The summed E-state index contributed by atoms with van der Waals surface area (Å²) in [6.07, 6.45) is 4.48. The second-order valence-corrected chi connectivity index (χ2v) is 9.16. The van der Waals surface area contributed by atoms with Gasteiger partial charge in [-0.15, -0.1) is 0 Å². The van der Waals surface area contributed by atoms with Gasteiger partial charge in [-0.2, -0.15) is 0 Å². The van der Waals surface area contributed by atoms with Gasteiger partial charge in [-0.1, -0.05) is 30.1 Å². The maximum absolute atomic E-state index is 12.4. The van der Waals surface area contributed by atoms with Crippen molar-refractivity contribution in [3.8, 4) is 11.3 Å². The van der Waals surface area contributed by atoms with Crippen LogP contribution in [-0.4, -0.2) is 42.9 Å². The lowest BCUT2D eigenvalue weighted by Crippen LogP contribution is -2.48. The molecule has 1 aromatic heterocycles. The van der Waals surface area contributed by atoms with E-state index < -0.39 is 0 Å². The minimum Gasteiger partial charge on any atom is -0.457 e. The average molecular weight is 512 g/mol. The van der Waals surface area contributed by atoms with Crippen LogP contribution in [0.25, 0.3) is 17.4 Å². The van der Waals surface area contributed by atoms with Gasteiger partial charge >= 0.3 is 0 Å². The summed E-state index contributed by atoms with van der Waals surface area (Å²) >= 11 is 12.5. The molecule has 8 heteroatoms. The van der Waals surface area contributed by atoms with Crippen LogP contribution >= 0.6 is 23.2 Å². The number of carbonyl (C=O) groups excluding carboxylic acids is 2. The summed E-state index contributed by atoms with van der Waals surface area (Å²) in [6.45, 7) is 4.84. The van der Waals surface area contributed by atoms with Crippen molar-refractivity contribution in [1.29, 1.82) is 0 Å². The van der Waals surface area contributed by atoms with Gasteiger partial charge in [0, 0.05) is 54.9 Å². The molecule has 3 aromatic rings. The Balaban J connectivity index is 1.32. The highest BCUT2D eigenvalue weighted by Crippen LogP contribution is 2.30. The molecule has 1 aliphatic rings. The molecule has 2 heterocycles. The largest absolute Gasteiger partial charge is 0.457 e. The summed E-state index contributed by atoms with van der Waals surface area (Å²) in [7, 11) is 0. The summed E-state index contributed by atoms with van der Waals surface area (Å²) in [6, 6.07) is 16.5. The van der Waals surface area contributed by atoms with E-state index in [4.69, 9.17) is 27.6 Å². The van der Waals surface area contributed by atoms with Crippen molar-refractivity contribution in [2.45, 2.75) is 19.8 Å². The van der Waals surface area contributed by atoms with Gasteiger partial charge in [0.25, 0.3) is 0 Å². The van der Waals surface area contributed by atoms with Crippen molar-refractivity contribution >= 4 is 52.5 Å². The second kappa shape index (κ2) is 11.5. The van der Waals surface area contributed by atoms with Gasteiger partial charge in [0.05, 0.1) is 10.7 Å². The summed E-state index contributed by atoms with van der Waals surface area (Å²) in [5, 5.41) is 4.04. The molecule has 182 valence electrons. The maximum atomic E-state index is 12.4. The van der Waals surface area contributed by atoms with E-state index in [9.17, 15) is 9.59 Å². The third-order valence-corrected chi connectivity index (χ3v) is 6.36. The van der Waals surface area contributed by atoms with Crippen molar-refractivity contribution in [3.63, 3.8) is 0 Å². The lowest BCUT2D eigenvalue weighted by molar-refractivity contribution is -0.131. The van der Waals surface area contributed by atoms with E-state index in [-0.39, 0.29) is 11.8 Å². The Morgan fingerprint density at radius 1 is 1.00 bits per heavy atom. The van der Waals surface area contributed by atoms with Crippen LogP contribution in [0.4, 0.5) is 11.4 Å². The zero-order chi connectivity index (χ0) is 24.8. The minimum atomic E-state index is -0.290. The highest BCUT2D eigenvalue weighted by molar-refractivity contribution is 6.33. The standard InChI is InChI=1S/C27H27Cl2N3O3/c1-2-3-27(34)32-16-14-31(15-17-32)24-11-8-21(18-23(24)29)30-26(33)13-10-22-9-12-25(35-22)19-4-6-20(28)7-5-19/h4-13,18H,2-3,14-17H2,1H3,(H,30,33). The zero-order valence-corrected chi connectivity index (χ0v) is 21.0. The highest BCUT2D eigenvalue weighted by atomic mass is 35.5. The number of carbonyl (C=O) groups is 2. The van der Waals surface area contributed by atoms with E-state index in [1.807, 2.05) is 42.2 Å². The molecule has 0 bridgehead atoms. The van der Waals surface area contributed by atoms with Crippen molar-refractivity contribution in [2.75, 3.05) is 36.4 Å². The van der Waals surface area contributed by atoms with Gasteiger partial charge < -0.3 is 19.5 Å². The van der Waals surface area contributed by atoms with Crippen LogP contribution in [0.3, 0.4) is 0 Å². The van der Waals surface area contributed by atoms with Crippen molar-refractivity contribution in [1.82, 2.24) is 4.90 Å². The Morgan fingerprint density at radius 2 is 1.74 bits per heavy atom. The summed E-state index contributed by atoms with van der Waals surface area (Å²) in [5.41, 5.74) is 2.40. The van der Waals surface area contributed by atoms with E-state index in [0.29, 0.717) is 46.8 Å². The first-order valence-corrected chi connectivity index (χ1v) is 12.4. The molecule has 0 unspecified atom stereocenters. The molecule has 0 spiro atoms. The molecular formula is C27H27Cl2N3O3. The summed E-state index contributed by atoms with van der Waals surface area (Å²) < 4.78 is 5.79. The number of benzene rings is 2. The predicted molar refractivity (Wildman–Crippen MR) is 142 cm³/mol. The van der Waals surface area contributed by atoms with E-state index in [1.54, 1.807) is 30.3 Å². The molecule has 35 heavy (non-hydrogen) atoms. The lowest BCUT2D eigenvalue weighted by Gasteiger charge is -2.36. The first kappa shape index (κ1) is 24.9. The third-order valence-electron chi connectivity index (χ3n) is 5.81. The van der Waals surface area contributed by atoms with Gasteiger partial charge in [0.1, 0.15) is 11.5 Å². The van der Waals surface area contributed by atoms with E-state index >= 15 is 0 Å². The number of rotatable bonds is 7. The maximum Gasteiger partial charge on any atom is 0.248 e. The molecule has 0 atom stereocenters. The average Bonchev–Trinajstić information content (AvgIpc) is 3.33. The smallest absolute Gasteiger partial charge is 0.248 e. The summed E-state index contributed by atoms with van der Waals surface area (Å²) in [5.74, 6) is 1.18. The lowest BCUT2D eigenvalue weighted by atomic mass is 10.2. The number of halogens is 2. The summed E-state index contributed by atoms with van der Waals surface area (Å²) in [4.78, 5) is 28.6. The van der Waals surface area contributed by atoms with Crippen molar-refractivity contribution < 1.29 is 14.0 Å². The van der Waals surface area contributed by atoms with Crippen LogP contribution in [0.15, 0.2) is 65.1 Å². The van der Waals surface area contributed by atoms with Crippen LogP contribution in [-0.2, 0) is 9.59 Å². The van der Waals surface area contributed by atoms with E-state index in [2.05, 4.69) is 10.2 Å². The normalized spacial score (nSPS) is 13.9. The molecule has 1 N–H and O–H groups in total. The molecule has 6 nitrogen and oxygen atoms in total. The van der Waals surface area contributed by atoms with Gasteiger partial charge in [0.15, 0.2) is 0 Å². The number of nitrogens with one attached hydrogen (secondary N) is 1. The Morgan fingerprint density at radius 3 is 2.43 bits per heavy atom. The number of anilines is 2. The van der Waals surface area contributed by atoms with E-state index in [0.717, 1.165) is 30.8 Å². The topological polar surface area (TPSA) is 65.8 Å². The van der Waals surface area contributed by atoms with Crippen LogP contribution < -0.4 is 10.2 Å². The Labute approximate surface area is 215 Å². The molecule has 1 fully saturated rings. The van der Waals surface area contributed by atoms with Crippen LogP contribution in [0.2, 0.25) is 10.0 Å². The molecule has 1 saturated heterocycles. The molecule has 2 amide bonds. The van der Waals surface area contributed by atoms with Crippen LogP contribution in [0, 0.1) is 0 Å². The fraction of sp³-hybridized carbons (Fsp3) is 0.259. The Hall–Kier alpha value is -3.22. The molecule has 0 aliphatic carbocycles. The van der Waals surface area contributed by atoms with Crippen molar-refractivity contribution in [3.05, 3.63) is 76.5 Å². The predicted octanol–water partition coefficient (Wildman–Crippen LogP) is 6.35. The number of nitrogens with zero attached hydrogens (tertiary/aromatic N) is 2. The Kier molecular flexibility index (Phi) is 8.16. The third kappa shape index (κ3) is 6.47. The fourth-order valence-corrected chi connectivity index (χ4v) is 4.39. The van der Waals surface area contributed by atoms with Gasteiger partial charge in [-0.3, -0.25) is 9.59 Å². The number of furan rings is 1. The SMILES string of the molecule is CCCC(=O)N1CCN(c2ccc(NC(=O)C=Cc3ccc(-c4ccc(Cl)cc4)o3)cc2Cl)CC1.